The zero-order valence-corrected chi connectivity index (χ0v) is 11.9. The number of nitrogens with zero attached hydrogens (tertiary/aromatic N) is 1. The summed E-state index contributed by atoms with van der Waals surface area (Å²) in [5.74, 6) is -2.41. The lowest BCUT2D eigenvalue weighted by Crippen LogP contribution is -2.15. The molecule has 1 aromatic carbocycles. The first kappa shape index (κ1) is 15.6. The van der Waals surface area contributed by atoms with Gasteiger partial charge in [0, 0.05) is 13.1 Å². The van der Waals surface area contributed by atoms with E-state index >= 15 is 0 Å². The molecule has 0 radical (unpaired) electrons. The number of aryl methyl sites for hydroxylation is 1. The van der Waals surface area contributed by atoms with Gasteiger partial charge in [0.2, 0.25) is 5.91 Å². The number of amides is 2. The Balaban J connectivity index is 2.19. The lowest BCUT2D eigenvalue weighted by Gasteiger charge is -2.09. The highest BCUT2D eigenvalue weighted by atomic mass is 19.1. The summed E-state index contributed by atoms with van der Waals surface area (Å²) < 4.78 is 27.4. The minimum absolute atomic E-state index is 0.106. The highest BCUT2D eigenvalue weighted by Gasteiger charge is 2.15. The Kier molecular flexibility index (Phi) is 4.45. The Morgan fingerprint density at radius 1 is 1.09 bits per heavy atom. The van der Waals surface area contributed by atoms with Gasteiger partial charge < -0.3 is 10.6 Å². The molecule has 5 nitrogen and oxygen atoms in total. The highest BCUT2D eigenvalue weighted by molar-refractivity contribution is 6.04. The van der Waals surface area contributed by atoms with Crippen molar-refractivity contribution in [2.75, 3.05) is 10.6 Å². The fraction of sp³-hybridized carbons (Fsp3) is 0.133. The predicted octanol–water partition coefficient (Wildman–Crippen LogP) is 2.88. The van der Waals surface area contributed by atoms with Crippen LogP contribution in [0.1, 0.15) is 22.8 Å². The number of hydrogen-bond donors (Lipinski definition) is 2. The molecule has 0 spiro atoms. The van der Waals surface area contributed by atoms with Crippen LogP contribution < -0.4 is 10.6 Å². The molecular formula is C15H13F2N3O2. The first-order chi connectivity index (χ1) is 10.4. The van der Waals surface area contributed by atoms with E-state index in [9.17, 15) is 18.4 Å². The second-order valence-electron chi connectivity index (χ2n) is 4.62. The standard InChI is InChI=1S/C15H13F2N3O2/c1-8-3-5-11(16)14(13(8)17)20-15(22)10-4-6-12(18-7-10)19-9(2)21/h3-7H,1-2H3,(H,20,22)(H,18,19,21). The molecule has 2 rings (SSSR count). The fourth-order valence-electron chi connectivity index (χ4n) is 1.74. The van der Waals surface area contributed by atoms with Gasteiger partial charge in [-0.25, -0.2) is 13.8 Å². The van der Waals surface area contributed by atoms with Gasteiger partial charge in [-0.3, -0.25) is 9.59 Å². The summed E-state index contributed by atoms with van der Waals surface area (Å²) in [7, 11) is 0. The van der Waals surface area contributed by atoms with Gasteiger partial charge in [-0.2, -0.15) is 0 Å². The van der Waals surface area contributed by atoms with Crippen LogP contribution in [0.5, 0.6) is 0 Å². The molecule has 2 N–H and O–H groups in total. The van der Waals surface area contributed by atoms with Crippen molar-refractivity contribution in [3.05, 3.63) is 53.2 Å². The Bertz CT molecular complexity index is 730. The molecule has 0 aliphatic heterocycles. The summed E-state index contributed by atoms with van der Waals surface area (Å²) in [6.45, 7) is 2.79. The van der Waals surface area contributed by atoms with E-state index in [-0.39, 0.29) is 22.9 Å². The van der Waals surface area contributed by atoms with Crippen molar-refractivity contribution in [2.24, 2.45) is 0 Å². The average molecular weight is 305 g/mol. The average Bonchev–Trinajstić information content (AvgIpc) is 2.47. The van der Waals surface area contributed by atoms with Crippen LogP contribution in [-0.2, 0) is 4.79 Å². The molecular weight excluding hydrogens is 292 g/mol. The van der Waals surface area contributed by atoms with E-state index < -0.39 is 23.2 Å². The highest BCUT2D eigenvalue weighted by Crippen LogP contribution is 2.22. The van der Waals surface area contributed by atoms with Gasteiger partial charge >= 0.3 is 0 Å². The van der Waals surface area contributed by atoms with Crippen molar-refractivity contribution in [1.29, 1.82) is 0 Å². The van der Waals surface area contributed by atoms with Gasteiger partial charge in [0.05, 0.1) is 5.56 Å². The summed E-state index contributed by atoms with van der Waals surface area (Å²) in [5.41, 5.74) is -0.179. The third-order valence-corrected chi connectivity index (χ3v) is 2.85. The summed E-state index contributed by atoms with van der Waals surface area (Å²) in [6.07, 6.45) is 1.20. The second kappa shape index (κ2) is 6.30. The van der Waals surface area contributed by atoms with Gasteiger partial charge in [-0.15, -0.1) is 0 Å². The molecule has 0 bridgehead atoms. The third-order valence-electron chi connectivity index (χ3n) is 2.85. The quantitative estimate of drug-likeness (QED) is 0.916. The summed E-state index contributed by atoms with van der Waals surface area (Å²) >= 11 is 0. The van der Waals surface area contributed by atoms with E-state index in [1.807, 2.05) is 0 Å². The minimum Gasteiger partial charge on any atom is -0.317 e. The summed E-state index contributed by atoms with van der Waals surface area (Å²) in [6, 6.07) is 5.16. The molecule has 0 atom stereocenters. The molecule has 2 aromatic rings. The molecule has 7 heteroatoms. The van der Waals surface area contributed by atoms with Gasteiger partial charge in [-0.1, -0.05) is 6.07 Å². The molecule has 0 saturated heterocycles. The van der Waals surface area contributed by atoms with E-state index in [2.05, 4.69) is 15.6 Å². The molecule has 1 aromatic heterocycles. The van der Waals surface area contributed by atoms with Crippen molar-refractivity contribution in [1.82, 2.24) is 4.98 Å². The van der Waals surface area contributed by atoms with Crippen LogP contribution in [0.15, 0.2) is 30.5 Å². The Morgan fingerprint density at radius 2 is 1.82 bits per heavy atom. The van der Waals surface area contributed by atoms with Crippen molar-refractivity contribution in [3.8, 4) is 0 Å². The van der Waals surface area contributed by atoms with Crippen molar-refractivity contribution in [3.63, 3.8) is 0 Å². The maximum Gasteiger partial charge on any atom is 0.257 e. The Labute approximate surface area is 125 Å². The zero-order valence-electron chi connectivity index (χ0n) is 11.9. The normalized spacial score (nSPS) is 10.2. The van der Waals surface area contributed by atoms with E-state index in [1.54, 1.807) is 0 Å². The number of nitrogens with one attached hydrogen (secondary N) is 2. The number of halogens is 2. The fourth-order valence-corrected chi connectivity index (χ4v) is 1.74. The van der Waals surface area contributed by atoms with Gasteiger partial charge in [0.15, 0.2) is 5.82 Å². The van der Waals surface area contributed by atoms with Crippen LogP contribution in [0.4, 0.5) is 20.3 Å². The van der Waals surface area contributed by atoms with E-state index in [4.69, 9.17) is 0 Å². The molecule has 2 amide bonds. The van der Waals surface area contributed by atoms with E-state index in [0.717, 1.165) is 6.07 Å². The second-order valence-corrected chi connectivity index (χ2v) is 4.62. The number of carbonyl (C=O) groups is 2. The largest absolute Gasteiger partial charge is 0.317 e. The number of hydrogen-bond acceptors (Lipinski definition) is 3. The number of pyridine rings is 1. The molecule has 0 aliphatic carbocycles. The van der Waals surface area contributed by atoms with Crippen molar-refractivity contribution in [2.45, 2.75) is 13.8 Å². The lowest BCUT2D eigenvalue weighted by molar-refractivity contribution is -0.114. The van der Waals surface area contributed by atoms with Crippen LogP contribution in [0, 0.1) is 18.6 Å². The first-order valence-electron chi connectivity index (χ1n) is 6.38. The SMILES string of the molecule is CC(=O)Nc1ccc(C(=O)Nc2c(F)ccc(C)c2F)cn1. The van der Waals surface area contributed by atoms with E-state index in [0.29, 0.717) is 0 Å². The minimum atomic E-state index is -0.862. The number of rotatable bonds is 3. The van der Waals surface area contributed by atoms with Crippen LogP contribution in [-0.4, -0.2) is 16.8 Å². The molecule has 0 fully saturated rings. The van der Waals surface area contributed by atoms with Crippen LogP contribution >= 0.6 is 0 Å². The topological polar surface area (TPSA) is 71.1 Å². The van der Waals surface area contributed by atoms with Crippen LogP contribution in [0.3, 0.4) is 0 Å². The number of aromatic nitrogens is 1. The number of carbonyl (C=O) groups excluding carboxylic acids is 2. The zero-order chi connectivity index (χ0) is 16.3. The smallest absolute Gasteiger partial charge is 0.257 e. The first-order valence-corrected chi connectivity index (χ1v) is 6.38. The number of anilines is 2. The number of benzene rings is 1. The van der Waals surface area contributed by atoms with Crippen LogP contribution in [0.25, 0.3) is 0 Å². The monoisotopic (exact) mass is 305 g/mol. The molecule has 1 heterocycles. The van der Waals surface area contributed by atoms with Gasteiger partial charge in [0.25, 0.3) is 5.91 Å². The Hall–Kier alpha value is -2.83. The van der Waals surface area contributed by atoms with E-state index in [1.165, 1.54) is 38.2 Å². The molecule has 0 aliphatic rings. The maximum absolute atomic E-state index is 13.8. The molecule has 0 saturated carbocycles. The lowest BCUT2D eigenvalue weighted by atomic mass is 10.2. The van der Waals surface area contributed by atoms with Gasteiger partial charge in [0.1, 0.15) is 17.3 Å². The molecule has 114 valence electrons. The summed E-state index contributed by atoms with van der Waals surface area (Å²) in [4.78, 5) is 26.7. The summed E-state index contributed by atoms with van der Waals surface area (Å²) in [5, 5.41) is 4.62. The Morgan fingerprint density at radius 3 is 2.41 bits per heavy atom. The molecule has 0 unspecified atom stereocenters. The van der Waals surface area contributed by atoms with Gasteiger partial charge in [-0.05, 0) is 30.7 Å². The third kappa shape index (κ3) is 3.43. The van der Waals surface area contributed by atoms with Crippen molar-refractivity contribution < 1.29 is 18.4 Å². The molecule has 22 heavy (non-hydrogen) atoms. The van der Waals surface area contributed by atoms with Crippen molar-refractivity contribution >= 4 is 23.3 Å². The maximum atomic E-state index is 13.8. The predicted molar refractivity (Wildman–Crippen MR) is 77.6 cm³/mol. The van der Waals surface area contributed by atoms with Crippen LogP contribution in [0.2, 0.25) is 0 Å².